The first-order valence-corrected chi connectivity index (χ1v) is 18.1. The fourth-order valence-electron chi connectivity index (χ4n) is 3.99. The van der Waals surface area contributed by atoms with Crippen LogP contribution < -0.4 is 0 Å². The van der Waals surface area contributed by atoms with Gasteiger partial charge in [-0.3, -0.25) is 0 Å². The van der Waals surface area contributed by atoms with Crippen molar-refractivity contribution in [3.63, 3.8) is 0 Å². The summed E-state index contributed by atoms with van der Waals surface area (Å²) in [6, 6.07) is 8.63. The van der Waals surface area contributed by atoms with Gasteiger partial charge in [0.05, 0.1) is 5.56 Å². The fraction of sp³-hybridized carbons (Fsp3) is 0.708. The number of hydrogen-bond donors (Lipinski definition) is 1. The molecule has 0 aliphatic heterocycles. The van der Waals surface area contributed by atoms with Gasteiger partial charge in [0, 0.05) is 0 Å². The lowest BCUT2D eigenvalue weighted by Gasteiger charge is -2.31. The molecule has 1 aromatic carbocycles. The number of carboxylic acid groups (broad SMARTS) is 1. The van der Waals surface area contributed by atoms with Gasteiger partial charge in [-0.05, 0) is 69.3 Å². The summed E-state index contributed by atoms with van der Waals surface area (Å²) in [5.41, 5.74) is 1.62. The Morgan fingerprint density at radius 1 is 0.759 bits per heavy atom. The Morgan fingerprint density at radius 2 is 1.21 bits per heavy atom. The van der Waals surface area contributed by atoms with Crippen molar-refractivity contribution in [1.82, 2.24) is 0 Å². The predicted molar refractivity (Wildman–Crippen MR) is 130 cm³/mol. The summed E-state index contributed by atoms with van der Waals surface area (Å²) in [6.07, 6.45) is 14.4. The van der Waals surface area contributed by atoms with Crippen LogP contribution in [0.1, 0.15) is 80.1 Å². The molecule has 0 saturated carbocycles. The zero-order valence-corrected chi connectivity index (χ0v) is 21.6. The highest BCUT2D eigenvalue weighted by Gasteiger charge is 2.28. The number of rotatable bonds is 16. The van der Waals surface area contributed by atoms with E-state index in [0.717, 1.165) is 6.42 Å². The van der Waals surface area contributed by atoms with Crippen LogP contribution in [0.15, 0.2) is 24.3 Å². The van der Waals surface area contributed by atoms with Crippen molar-refractivity contribution in [3.8, 4) is 0 Å². The van der Waals surface area contributed by atoms with Gasteiger partial charge >= 0.3 is 5.97 Å². The topological polar surface area (TPSA) is 46.5 Å². The molecule has 0 bridgehead atoms. The van der Waals surface area contributed by atoms with Crippen molar-refractivity contribution in [1.29, 1.82) is 0 Å². The summed E-state index contributed by atoms with van der Waals surface area (Å²) in [5, 5.41) is 8.92. The maximum absolute atomic E-state index is 10.9. The van der Waals surface area contributed by atoms with Gasteiger partial charge in [-0.15, -0.1) is 0 Å². The maximum atomic E-state index is 10.9. The van der Waals surface area contributed by atoms with E-state index in [1.807, 2.05) is 12.1 Å². The van der Waals surface area contributed by atoms with Crippen LogP contribution in [0.2, 0.25) is 38.8 Å². The van der Waals surface area contributed by atoms with E-state index < -0.39 is 22.6 Å². The van der Waals surface area contributed by atoms with Crippen molar-refractivity contribution in [3.05, 3.63) is 35.4 Å². The van der Waals surface area contributed by atoms with E-state index in [-0.39, 0.29) is 0 Å². The molecule has 0 atom stereocenters. The zero-order chi connectivity index (χ0) is 21.8. The highest BCUT2D eigenvalue weighted by Crippen LogP contribution is 2.22. The normalized spacial score (nSPS) is 12.3. The molecule has 166 valence electrons. The lowest BCUT2D eigenvalue weighted by molar-refractivity contribution is 0.0697. The minimum atomic E-state index is -1.43. The molecule has 0 fully saturated rings. The Labute approximate surface area is 181 Å². The van der Waals surface area contributed by atoms with E-state index >= 15 is 0 Å². The largest absolute Gasteiger partial charge is 0.478 e. The van der Waals surface area contributed by atoms with Crippen LogP contribution in [0.4, 0.5) is 0 Å². The first-order valence-electron chi connectivity index (χ1n) is 11.6. The van der Waals surface area contributed by atoms with Gasteiger partial charge in [0.2, 0.25) is 0 Å². The van der Waals surface area contributed by atoms with Crippen LogP contribution in [-0.4, -0.2) is 27.7 Å². The summed E-state index contributed by atoms with van der Waals surface area (Å²) in [5.74, 6) is -0.849. The Kier molecular flexibility index (Phi) is 12.1. The Bertz CT molecular complexity index is 577. The maximum Gasteiger partial charge on any atom is 0.335 e. The summed E-state index contributed by atoms with van der Waals surface area (Å²) < 4.78 is 6.41. The average molecular weight is 437 g/mol. The molecular formula is C24H44O3Si2. The van der Waals surface area contributed by atoms with Crippen molar-refractivity contribution >= 4 is 22.6 Å². The molecule has 0 aromatic heterocycles. The molecule has 0 heterocycles. The highest BCUT2D eigenvalue weighted by molar-refractivity contribution is 6.84. The molecule has 29 heavy (non-hydrogen) atoms. The molecule has 0 unspecified atom stereocenters. The second kappa shape index (κ2) is 13.4. The molecule has 0 spiro atoms. The van der Waals surface area contributed by atoms with Crippen LogP contribution in [0.25, 0.3) is 0 Å². The molecule has 0 aliphatic rings. The van der Waals surface area contributed by atoms with Crippen LogP contribution in [-0.2, 0) is 10.5 Å². The highest BCUT2D eigenvalue weighted by atomic mass is 28.4. The van der Waals surface area contributed by atoms with E-state index in [1.54, 1.807) is 12.1 Å². The van der Waals surface area contributed by atoms with Crippen molar-refractivity contribution < 1.29 is 14.0 Å². The summed E-state index contributed by atoms with van der Waals surface area (Å²) in [4.78, 5) is 10.9. The van der Waals surface area contributed by atoms with E-state index in [0.29, 0.717) is 5.56 Å². The Hall–Kier alpha value is -0.916. The van der Waals surface area contributed by atoms with Gasteiger partial charge in [0.25, 0.3) is 0 Å². The number of benzene rings is 1. The van der Waals surface area contributed by atoms with Crippen LogP contribution in [0.3, 0.4) is 0 Å². The Balaban J connectivity index is 1.93. The number of carboxylic acids is 1. The lowest BCUT2D eigenvalue weighted by Crippen LogP contribution is -2.42. The van der Waals surface area contributed by atoms with Gasteiger partial charge in [0.1, 0.15) is 0 Å². The summed E-state index contributed by atoms with van der Waals surface area (Å²) in [6.45, 7) is 11.7. The van der Waals surface area contributed by atoms with Crippen molar-refractivity contribution in [2.45, 2.75) is 109 Å². The number of hydrogen-bond acceptors (Lipinski definition) is 2. The smallest absolute Gasteiger partial charge is 0.335 e. The summed E-state index contributed by atoms with van der Waals surface area (Å²) >= 11 is 0. The van der Waals surface area contributed by atoms with Crippen LogP contribution >= 0.6 is 0 Å². The van der Waals surface area contributed by atoms with Crippen molar-refractivity contribution in [2.24, 2.45) is 0 Å². The molecule has 5 heteroatoms. The van der Waals surface area contributed by atoms with E-state index in [2.05, 4.69) is 32.7 Å². The number of carbonyl (C=O) groups is 1. The standard InChI is InChI=1S/C24H44O3Si2/c1-28(2,3)27-29(4,5)21-15-13-11-9-7-6-8-10-12-14-16-22-17-19-23(20-18-22)24(25)26/h17-20H,6-16,21H2,1-5H3,(H,25,26). The average Bonchev–Trinajstić information content (AvgIpc) is 2.61. The number of aryl methyl sites for hydroxylation is 1. The molecule has 0 saturated heterocycles. The third kappa shape index (κ3) is 13.8. The van der Waals surface area contributed by atoms with Crippen LogP contribution in [0.5, 0.6) is 0 Å². The summed E-state index contributed by atoms with van der Waals surface area (Å²) in [7, 11) is -2.81. The zero-order valence-electron chi connectivity index (χ0n) is 19.6. The Morgan fingerprint density at radius 3 is 1.66 bits per heavy atom. The lowest BCUT2D eigenvalue weighted by atomic mass is 10.0. The third-order valence-corrected chi connectivity index (χ3v) is 11.5. The number of unbranched alkanes of at least 4 members (excludes halogenated alkanes) is 9. The SMILES string of the molecule is C[Si](C)(C)O[Si](C)(C)CCCCCCCCCCCCc1ccc(C(=O)O)cc1. The van der Waals surface area contributed by atoms with Gasteiger partial charge in [-0.25, -0.2) is 4.79 Å². The molecule has 1 aromatic rings. The molecule has 1 rings (SSSR count). The molecule has 0 aliphatic carbocycles. The predicted octanol–water partition coefficient (Wildman–Crippen LogP) is 7.88. The number of aromatic carboxylic acids is 1. The minimum Gasteiger partial charge on any atom is -0.478 e. The fourth-order valence-corrected chi connectivity index (χ4v) is 12.1. The van der Waals surface area contributed by atoms with Gasteiger partial charge in [-0.1, -0.05) is 69.9 Å². The first kappa shape index (κ1) is 26.1. The third-order valence-electron chi connectivity index (χ3n) is 5.28. The second-order valence-corrected chi connectivity index (χ2v) is 19.1. The monoisotopic (exact) mass is 436 g/mol. The quantitative estimate of drug-likeness (QED) is 0.212. The minimum absolute atomic E-state index is 0.374. The molecular weight excluding hydrogens is 392 g/mol. The van der Waals surface area contributed by atoms with E-state index in [4.69, 9.17) is 9.22 Å². The molecule has 1 N–H and O–H groups in total. The van der Waals surface area contributed by atoms with E-state index in [9.17, 15) is 4.79 Å². The second-order valence-electron chi connectivity index (χ2n) is 10.0. The van der Waals surface area contributed by atoms with Gasteiger partial charge < -0.3 is 9.22 Å². The van der Waals surface area contributed by atoms with Gasteiger partial charge in [-0.2, -0.15) is 0 Å². The first-order chi connectivity index (χ1) is 13.6. The molecule has 0 amide bonds. The molecule has 3 nitrogen and oxygen atoms in total. The molecule has 0 radical (unpaired) electrons. The van der Waals surface area contributed by atoms with Crippen molar-refractivity contribution in [2.75, 3.05) is 0 Å². The van der Waals surface area contributed by atoms with Crippen LogP contribution in [0, 0.1) is 0 Å². The van der Waals surface area contributed by atoms with E-state index in [1.165, 1.54) is 75.8 Å². The van der Waals surface area contributed by atoms with Gasteiger partial charge in [0.15, 0.2) is 16.6 Å².